The standard InChI is InChI=1S/C12H11NO2/c14-13-10-5-4-8-12(9-10)15-11-6-2-1-3-7-11/h1-9,13-14H. The SMILES string of the molecule is ONc1cccc(Oc2ccccc2)c1. The maximum Gasteiger partial charge on any atom is 0.129 e. The fourth-order valence-electron chi connectivity index (χ4n) is 1.25. The van der Waals surface area contributed by atoms with E-state index in [1.807, 2.05) is 36.4 Å². The lowest BCUT2D eigenvalue weighted by molar-refractivity contribution is 0.388. The maximum absolute atomic E-state index is 8.72. The molecule has 0 aromatic heterocycles. The lowest BCUT2D eigenvalue weighted by atomic mass is 10.3. The Morgan fingerprint density at radius 2 is 1.60 bits per heavy atom. The molecule has 3 heteroatoms. The van der Waals surface area contributed by atoms with Gasteiger partial charge >= 0.3 is 0 Å². The van der Waals surface area contributed by atoms with Crippen LogP contribution in [0.15, 0.2) is 54.6 Å². The molecule has 0 radical (unpaired) electrons. The molecule has 2 rings (SSSR count). The molecular formula is C12H11NO2. The first-order valence-electron chi connectivity index (χ1n) is 4.61. The van der Waals surface area contributed by atoms with E-state index in [4.69, 9.17) is 9.94 Å². The van der Waals surface area contributed by atoms with Crippen molar-refractivity contribution in [3.05, 3.63) is 54.6 Å². The number of ether oxygens (including phenoxy) is 1. The first-order chi connectivity index (χ1) is 7.38. The number of hydrogen-bond donors (Lipinski definition) is 2. The van der Waals surface area contributed by atoms with E-state index in [0.717, 1.165) is 5.75 Å². The smallest absolute Gasteiger partial charge is 0.129 e. The number of nitrogens with one attached hydrogen (secondary N) is 1. The quantitative estimate of drug-likeness (QED) is 0.749. The lowest BCUT2D eigenvalue weighted by Crippen LogP contribution is -1.89. The molecular weight excluding hydrogens is 190 g/mol. The topological polar surface area (TPSA) is 41.5 Å². The van der Waals surface area contributed by atoms with E-state index in [1.165, 1.54) is 0 Å². The van der Waals surface area contributed by atoms with Crippen molar-refractivity contribution in [1.29, 1.82) is 0 Å². The van der Waals surface area contributed by atoms with Gasteiger partial charge in [-0.2, -0.15) is 0 Å². The third-order valence-corrected chi connectivity index (χ3v) is 1.94. The summed E-state index contributed by atoms with van der Waals surface area (Å²) >= 11 is 0. The minimum atomic E-state index is 0.600. The normalized spacial score (nSPS) is 9.67. The van der Waals surface area contributed by atoms with Gasteiger partial charge in [-0.05, 0) is 24.3 Å². The van der Waals surface area contributed by atoms with Crippen LogP contribution in [0, 0.1) is 0 Å². The van der Waals surface area contributed by atoms with Crippen molar-refractivity contribution in [2.45, 2.75) is 0 Å². The molecule has 2 aromatic rings. The van der Waals surface area contributed by atoms with Crippen LogP contribution in [0.2, 0.25) is 0 Å². The van der Waals surface area contributed by atoms with Crippen molar-refractivity contribution >= 4 is 5.69 Å². The lowest BCUT2D eigenvalue weighted by Gasteiger charge is -2.06. The van der Waals surface area contributed by atoms with E-state index in [0.29, 0.717) is 11.4 Å². The average Bonchev–Trinajstić information content (AvgIpc) is 2.31. The molecule has 0 bridgehead atoms. The monoisotopic (exact) mass is 201 g/mol. The van der Waals surface area contributed by atoms with Gasteiger partial charge in [0.05, 0.1) is 5.69 Å². The predicted octanol–water partition coefficient (Wildman–Crippen LogP) is 3.28. The molecule has 2 aromatic carbocycles. The zero-order valence-electron chi connectivity index (χ0n) is 8.05. The van der Waals surface area contributed by atoms with Gasteiger partial charge in [0.1, 0.15) is 11.5 Å². The van der Waals surface area contributed by atoms with Gasteiger partial charge in [0, 0.05) is 6.07 Å². The Morgan fingerprint density at radius 1 is 0.867 bits per heavy atom. The summed E-state index contributed by atoms with van der Waals surface area (Å²) in [7, 11) is 0. The van der Waals surface area contributed by atoms with E-state index >= 15 is 0 Å². The Bertz CT molecular complexity index is 429. The van der Waals surface area contributed by atoms with Gasteiger partial charge in [-0.25, -0.2) is 0 Å². The maximum atomic E-state index is 8.72. The van der Waals surface area contributed by atoms with Crippen LogP contribution < -0.4 is 10.2 Å². The minimum absolute atomic E-state index is 0.600. The Kier molecular flexibility index (Phi) is 2.85. The van der Waals surface area contributed by atoms with E-state index in [9.17, 15) is 0 Å². The van der Waals surface area contributed by atoms with Gasteiger partial charge in [0.2, 0.25) is 0 Å². The number of para-hydroxylation sites is 1. The van der Waals surface area contributed by atoms with E-state index < -0.39 is 0 Å². The summed E-state index contributed by atoms with van der Waals surface area (Å²) in [6.07, 6.45) is 0. The van der Waals surface area contributed by atoms with Crippen LogP contribution in [0.5, 0.6) is 11.5 Å². The fourth-order valence-corrected chi connectivity index (χ4v) is 1.25. The van der Waals surface area contributed by atoms with Crippen LogP contribution in [0.25, 0.3) is 0 Å². The van der Waals surface area contributed by atoms with Crippen molar-refractivity contribution in [1.82, 2.24) is 0 Å². The molecule has 0 aliphatic heterocycles. The molecule has 0 atom stereocenters. The predicted molar refractivity (Wildman–Crippen MR) is 58.4 cm³/mol. The second-order valence-electron chi connectivity index (χ2n) is 3.05. The molecule has 0 saturated heterocycles. The molecule has 0 saturated carbocycles. The highest BCUT2D eigenvalue weighted by Gasteiger charge is 1.97. The molecule has 0 fully saturated rings. The van der Waals surface area contributed by atoms with Gasteiger partial charge in [-0.3, -0.25) is 10.7 Å². The van der Waals surface area contributed by atoms with Crippen molar-refractivity contribution in [2.75, 3.05) is 5.48 Å². The highest BCUT2D eigenvalue weighted by Crippen LogP contribution is 2.23. The van der Waals surface area contributed by atoms with Gasteiger partial charge in [0.25, 0.3) is 0 Å². The van der Waals surface area contributed by atoms with Crippen LogP contribution in [0.1, 0.15) is 0 Å². The van der Waals surface area contributed by atoms with Crippen molar-refractivity contribution < 1.29 is 9.94 Å². The molecule has 0 heterocycles. The summed E-state index contributed by atoms with van der Waals surface area (Å²) in [6.45, 7) is 0. The molecule has 15 heavy (non-hydrogen) atoms. The average molecular weight is 201 g/mol. The summed E-state index contributed by atoms with van der Waals surface area (Å²) in [6, 6.07) is 16.6. The highest BCUT2D eigenvalue weighted by atomic mass is 16.5. The van der Waals surface area contributed by atoms with Gasteiger partial charge < -0.3 is 4.74 Å². The highest BCUT2D eigenvalue weighted by molar-refractivity contribution is 5.47. The number of benzene rings is 2. The first kappa shape index (κ1) is 9.55. The van der Waals surface area contributed by atoms with E-state index in [2.05, 4.69) is 5.48 Å². The summed E-state index contributed by atoms with van der Waals surface area (Å²) in [5.41, 5.74) is 2.67. The van der Waals surface area contributed by atoms with Gasteiger partial charge in [-0.15, -0.1) is 0 Å². The van der Waals surface area contributed by atoms with Gasteiger partial charge in [-0.1, -0.05) is 24.3 Å². The van der Waals surface area contributed by atoms with Crippen LogP contribution in [0.3, 0.4) is 0 Å². The van der Waals surface area contributed by atoms with Gasteiger partial charge in [0.15, 0.2) is 0 Å². The third-order valence-electron chi connectivity index (χ3n) is 1.94. The minimum Gasteiger partial charge on any atom is -0.457 e. The fraction of sp³-hybridized carbons (Fsp3) is 0. The van der Waals surface area contributed by atoms with Crippen molar-refractivity contribution in [3.63, 3.8) is 0 Å². The largest absolute Gasteiger partial charge is 0.457 e. The zero-order valence-corrected chi connectivity index (χ0v) is 8.05. The van der Waals surface area contributed by atoms with Crippen LogP contribution in [-0.4, -0.2) is 5.21 Å². The first-order valence-corrected chi connectivity index (χ1v) is 4.61. The molecule has 0 spiro atoms. The number of hydrogen-bond acceptors (Lipinski definition) is 3. The second kappa shape index (κ2) is 4.48. The Balaban J connectivity index is 2.17. The molecule has 0 aliphatic rings. The molecule has 2 N–H and O–H groups in total. The van der Waals surface area contributed by atoms with E-state index in [-0.39, 0.29) is 0 Å². The summed E-state index contributed by atoms with van der Waals surface area (Å²) in [5.74, 6) is 1.45. The van der Waals surface area contributed by atoms with Crippen LogP contribution >= 0.6 is 0 Å². The summed E-state index contributed by atoms with van der Waals surface area (Å²) in [5, 5.41) is 8.72. The van der Waals surface area contributed by atoms with E-state index in [1.54, 1.807) is 18.2 Å². The molecule has 0 unspecified atom stereocenters. The number of rotatable bonds is 3. The molecule has 0 amide bonds. The number of anilines is 1. The summed E-state index contributed by atoms with van der Waals surface area (Å²) < 4.78 is 5.57. The summed E-state index contributed by atoms with van der Waals surface area (Å²) in [4.78, 5) is 0. The van der Waals surface area contributed by atoms with Crippen molar-refractivity contribution in [3.8, 4) is 11.5 Å². The Morgan fingerprint density at radius 3 is 2.33 bits per heavy atom. The third kappa shape index (κ3) is 2.48. The molecule has 0 aliphatic carbocycles. The zero-order chi connectivity index (χ0) is 10.5. The second-order valence-corrected chi connectivity index (χ2v) is 3.05. The van der Waals surface area contributed by atoms with Crippen LogP contribution in [0.4, 0.5) is 5.69 Å². The molecule has 76 valence electrons. The van der Waals surface area contributed by atoms with Crippen molar-refractivity contribution in [2.24, 2.45) is 0 Å². The Labute approximate surface area is 87.9 Å². The molecule has 3 nitrogen and oxygen atoms in total. The van der Waals surface area contributed by atoms with Crippen LogP contribution in [-0.2, 0) is 0 Å². The Hall–Kier alpha value is -2.00.